The van der Waals surface area contributed by atoms with Gasteiger partial charge in [0.25, 0.3) is 0 Å². The fourth-order valence-electron chi connectivity index (χ4n) is 1.99. The summed E-state index contributed by atoms with van der Waals surface area (Å²) in [6.45, 7) is 5.28. The van der Waals surface area contributed by atoms with E-state index in [4.69, 9.17) is 4.74 Å². The number of benzene rings is 2. The highest BCUT2D eigenvalue weighted by atomic mass is 16.5. The largest absolute Gasteiger partial charge is 0.497 e. The number of aryl methyl sites for hydroxylation is 1. The molecular formula is C17H21NO. The van der Waals surface area contributed by atoms with E-state index in [2.05, 4.69) is 43.4 Å². The van der Waals surface area contributed by atoms with Crippen LogP contribution in [0.4, 0.5) is 5.69 Å². The molecule has 0 aliphatic heterocycles. The third-order valence-electron chi connectivity index (χ3n) is 3.35. The van der Waals surface area contributed by atoms with Crippen LogP contribution in [0.5, 0.6) is 5.75 Å². The molecule has 0 bridgehead atoms. The molecule has 0 unspecified atom stereocenters. The van der Waals surface area contributed by atoms with Crippen LogP contribution in [0.15, 0.2) is 48.5 Å². The number of anilines is 1. The fraction of sp³-hybridized carbons (Fsp3) is 0.294. The third-order valence-corrected chi connectivity index (χ3v) is 3.35. The maximum absolute atomic E-state index is 5.15. The average molecular weight is 255 g/mol. The summed E-state index contributed by atoms with van der Waals surface area (Å²) in [5.74, 6) is 1.37. The highest BCUT2D eigenvalue weighted by molar-refractivity contribution is 5.46. The Morgan fingerprint density at radius 2 is 1.63 bits per heavy atom. The molecule has 19 heavy (non-hydrogen) atoms. The van der Waals surface area contributed by atoms with E-state index in [0.29, 0.717) is 5.92 Å². The minimum absolute atomic E-state index is 0.489. The van der Waals surface area contributed by atoms with Crippen molar-refractivity contribution in [3.05, 3.63) is 59.7 Å². The Labute approximate surface area is 115 Å². The smallest absolute Gasteiger partial charge is 0.119 e. The van der Waals surface area contributed by atoms with Crippen molar-refractivity contribution in [2.75, 3.05) is 19.0 Å². The molecule has 2 heteroatoms. The van der Waals surface area contributed by atoms with Gasteiger partial charge in [0.15, 0.2) is 0 Å². The van der Waals surface area contributed by atoms with Crippen molar-refractivity contribution in [3.8, 4) is 5.75 Å². The molecule has 0 saturated carbocycles. The summed E-state index contributed by atoms with van der Waals surface area (Å²) in [5.41, 5.74) is 3.80. The highest BCUT2D eigenvalue weighted by Crippen LogP contribution is 2.19. The Morgan fingerprint density at radius 3 is 2.21 bits per heavy atom. The van der Waals surface area contributed by atoms with Crippen LogP contribution < -0.4 is 10.1 Å². The Morgan fingerprint density at radius 1 is 1.00 bits per heavy atom. The standard InChI is InChI=1S/C17H21NO/c1-13-4-6-15(7-5-13)14(2)12-18-16-8-10-17(19-3)11-9-16/h4-11,14,18H,12H2,1-3H3/t14-/m0/s1. The fourth-order valence-corrected chi connectivity index (χ4v) is 1.99. The van der Waals surface area contributed by atoms with E-state index in [1.54, 1.807) is 7.11 Å². The van der Waals surface area contributed by atoms with Crippen molar-refractivity contribution in [2.24, 2.45) is 0 Å². The lowest BCUT2D eigenvalue weighted by atomic mass is 10.00. The maximum atomic E-state index is 5.15. The summed E-state index contributed by atoms with van der Waals surface area (Å²) < 4.78 is 5.15. The zero-order valence-corrected chi connectivity index (χ0v) is 11.8. The molecule has 0 fully saturated rings. The number of hydrogen-bond donors (Lipinski definition) is 1. The van der Waals surface area contributed by atoms with Gasteiger partial charge in [-0.05, 0) is 42.7 Å². The molecule has 1 N–H and O–H groups in total. The van der Waals surface area contributed by atoms with Crippen LogP contribution in [0, 0.1) is 6.92 Å². The van der Waals surface area contributed by atoms with Crippen LogP contribution in [0.3, 0.4) is 0 Å². The van der Waals surface area contributed by atoms with E-state index >= 15 is 0 Å². The first-order valence-electron chi connectivity index (χ1n) is 6.63. The topological polar surface area (TPSA) is 21.3 Å². The van der Waals surface area contributed by atoms with Gasteiger partial charge in [0.2, 0.25) is 0 Å². The van der Waals surface area contributed by atoms with Crippen molar-refractivity contribution < 1.29 is 4.74 Å². The molecule has 2 aromatic rings. The first kappa shape index (κ1) is 13.5. The quantitative estimate of drug-likeness (QED) is 0.863. The molecule has 0 saturated heterocycles. The van der Waals surface area contributed by atoms with E-state index in [9.17, 15) is 0 Å². The molecule has 0 aliphatic rings. The van der Waals surface area contributed by atoms with Gasteiger partial charge in [-0.25, -0.2) is 0 Å². The van der Waals surface area contributed by atoms with Gasteiger partial charge in [-0.15, -0.1) is 0 Å². The molecule has 2 nitrogen and oxygen atoms in total. The number of rotatable bonds is 5. The van der Waals surface area contributed by atoms with Gasteiger partial charge in [0, 0.05) is 12.2 Å². The molecule has 2 aromatic carbocycles. The van der Waals surface area contributed by atoms with Crippen LogP contribution in [0.2, 0.25) is 0 Å². The number of methoxy groups -OCH3 is 1. The Balaban J connectivity index is 1.92. The third kappa shape index (κ3) is 3.75. The average Bonchev–Trinajstić information content (AvgIpc) is 2.46. The minimum Gasteiger partial charge on any atom is -0.497 e. The molecule has 100 valence electrons. The Bertz CT molecular complexity index is 502. The van der Waals surface area contributed by atoms with Crippen LogP contribution >= 0.6 is 0 Å². The maximum Gasteiger partial charge on any atom is 0.119 e. The second-order valence-corrected chi connectivity index (χ2v) is 4.92. The van der Waals surface area contributed by atoms with Crippen molar-refractivity contribution in [3.63, 3.8) is 0 Å². The van der Waals surface area contributed by atoms with Gasteiger partial charge >= 0.3 is 0 Å². The highest BCUT2D eigenvalue weighted by Gasteiger charge is 2.04. The zero-order valence-electron chi connectivity index (χ0n) is 11.8. The summed E-state index contributed by atoms with van der Waals surface area (Å²) in [6, 6.07) is 16.8. The predicted molar refractivity (Wildman–Crippen MR) is 81.1 cm³/mol. The molecule has 2 rings (SSSR count). The van der Waals surface area contributed by atoms with Crippen LogP contribution in [0.25, 0.3) is 0 Å². The summed E-state index contributed by atoms with van der Waals surface area (Å²) in [5, 5.41) is 3.45. The van der Waals surface area contributed by atoms with Crippen LogP contribution in [-0.2, 0) is 0 Å². The van der Waals surface area contributed by atoms with Gasteiger partial charge in [-0.3, -0.25) is 0 Å². The van der Waals surface area contributed by atoms with E-state index in [0.717, 1.165) is 18.0 Å². The van der Waals surface area contributed by atoms with Crippen molar-refractivity contribution >= 4 is 5.69 Å². The lowest BCUT2D eigenvalue weighted by Gasteiger charge is -2.14. The van der Waals surface area contributed by atoms with Gasteiger partial charge in [-0.2, -0.15) is 0 Å². The van der Waals surface area contributed by atoms with E-state index in [1.165, 1.54) is 11.1 Å². The molecule has 0 aliphatic carbocycles. The van der Waals surface area contributed by atoms with Gasteiger partial charge in [0.05, 0.1) is 7.11 Å². The molecule has 1 atom stereocenters. The monoisotopic (exact) mass is 255 g/mol. The van der Waals surface area contributed by atoms with Gasteiger partial charge < -0.3 is 10.1 Å². The molecule has 0 aromatic heterocycles. The number of nitrogens with one attached hydrogen (secondary N) is 1. The van der Waals surface area contributed by atoms with Gasteiger partial charge in [-0.1, -0.05) is 36.8 Å². The lowest BCUT2D eigenvalue weighted by molar-refractivity contribution is 0.415. The van der Waals surface area contributed by atoms with Gasteiger partial charge in [0.1, 0.15) is 5.75 Å². The number of hydrogen-bond acceptors (Lipinski definition) is 2. The van der Waals surface area contributed by atoms with Crippen molar-refractivity contribution in [1.29, 1.82) is 0 Å². The normalized spacial score (nSPS) is 11.9. The Kier molecular flexibility index (Phi) is 4.45. The second-order valence-electron chi connectivity index (χ2n) is 4.92. The van der Waals surface area contributed by atoms with Crippen LogP contribution in [0.1, 0.15) is 24.0 Å². The van der Waals surface area contributed by atoms with E-state index in [1.807, 2.05) is 24.3 Å². The first-order chi connectivity index (χ1) is 9.19. The molecule has 0 radical (unpaired) electrons. The lowest BCUT2D eigenvalue weighted by Crippen LogP contribution is -2.09. The first-order valence-corrected chi connectivity index (χ1v) is 6.63. The van der Waals surface area contributed by atoms with Crippen LogP contribution in [-0.4, -0.2) is 13.7 Å². The van der Waals surface area contributed by atoms with E-state index < -0.39 is 0 Å². The number of ether oxygens (including phenoxy) is 1. The summed E-state index contributed by atoms with van der Waals surface area (Å²) in [7, 11) is 1.68. The van der Waals surface area contributed by atoms with E-state index in [-0.39, 0.29) is 0 Å². The SMILES string of the molecule is COc1ccc(NC[C@H](C)c2ccc(C)cc2)cc1. The molecular weight excluding hydrogens is 234 g/mol. The molecule has 0 heterocycles. The summed E-state index contributed by atoms with van der Waals surface area (Å²) in [6.07, 6.45) is 0. The summed E-state index contributed by atoms with van der Waals surface area (Å²) in [4.78, 5) is 0. The summed E-state index contributed by atoms with van der Waals surface area (Å²) >= 11 is 0. The van der Waals surface area contributed by atoms with Crippen molar-refractivity contribution in [1.82, 2.24) is 0 Å². The predicted octanol–water partition coefficient (Wildman–Crippen LogP) is 4.22. The second kappa shape index (κ2) is 6.28. The Hall–Kier alpha value is -1.96. The zero-order chi connectivity index (χ0) is 13.7. The molecule has 0 amide bonds. The molecule has 0 spiro atoms. The van der Waals surface area contributed by atoms with Crippen molar-refractivity contribution in [2.45, 2.75) is 19.8 Å². The minimum atomic E-state index is 0.489.